The van der Waals surface area contributed by atoms with Gasteiger partial charge in [-0.3, -0.25) is 0 Å². The minimum absolute atomic E-state index is 0.105. The summed E-state index contributed by atoms with van der Waals surface area (Å²) in [5.41, 5.74) is 2.46. The average molecular weight is 420 g/mol. The molecule has 1 heterocycles. The predicted molar refractivity (Wildman–Crippen MR) is 115 cm³/mol. The summed E-state index contributed by atoms with van der Waals surface area (Å²) in [6.45, 7) is 0.346. The van der Waals surface area contributed by atoms with Gasteiger partial charge in [0.1, 0.15) is 5.75 Å². The number of aromatic nitrogens is 2. The van der Waals surface area contributed by atoms with Gasteiger partial charge in [0.25, 0.3) is 0 Å². The van der Waals surface area contributed by atoms with E-state index in [1.165, 1.54) is 4.31 Å². The van der Waals surface area contributed by atoms with Crippen LogP contribution in [0.1, 0.15) is 11.1 Å². The van der Waals surface area contributed by atoms with Crippen LogP contribution in [0, 0.1) is 0 Å². The SMILES string of the molecule is O=S(=O)(c1ccccc1)N(Cc1ccc(-n2cccn2)cc1)Cc1cccc(O)c1. The first kappa shape index (κ1) is 19.9. The van der Waals surface area contributed by atoms with Crippen LogP contribution in [0.2, 0.25) is 0 Å². The van der Waals surface area contributed by atoms with Crippen LogP contribution in [0.15, 0.2) is 102 Å². The van der Waals surface area contributed by atoms with Gasteiger partial charge in [0.15, 0.2) is 0 Å². The van der Waals surface area contributed by atoms with E-state index in [2.05, 4.69) is 5.10 Å². The Balaban J connectivity index is 1.65. The lowest BCUT2D eigenvalue weighted by Gasteiger charge is -2.23. The Kier molecular flexibility index (Phi) is 5.65. The Hall–Kier alpha value is -3.42. The number of hydrogen-bond acceptors (Lipinski definition) is 4. The van der Waals surface area contributed by atoms with Crippen molar-refractivity contribution in [1.29, 1.82) is 0 Å². The molecule has 0 saturated carbocycles. The molecule has 4 rings (SSSR count). The molecule has 0 spiro atoms. The van der Waals surface area contributed by atoms with E-state index in [4.69, 9.17) is 0 Å². The highest BCUT2D eigenvalue weighted by molar-refractivity contribution is 7.89. The molecule has 30 heavy (non-hydrogen) atoms. The highest BCUT2D eigenvalue weighted by atomic mass is 32.2. The van der Waals surface area contributed by atoms with Gasteiger partial charge in [-0.05, 0) is 53.6 Å². The zero-order chi connectivity index (χ0) is 21.0. The van der Waals surface area contributed by atoms with Gasteiger partial charge < -0.3 is 5.11 Å². The first-order valence-electron chi connectivity index (χ1n) is 9.44. The molecule has 0 aliphatic rings. The van der Waals surface area contributed by atoms with Crippen LogP contribution in [-0.4, -0.2) is 27.6 Å². The fraction of sp³-hybridized carbons (Fsp3) is 0.0870. The second-order valence-corrected chi connectivity index (χ2v) is 8.81. The largest absolute Gasteiger partial charge is 0.508 e. The predicted octanol–water partition coefficient (Wildman–Crippen LogP) is 3.97. The summed E-state index contributed by atoms with van der Waals surface area (Å²) >= 11 is 0. The minimum Gasteiger partial charge on any atom is -0.508 e. The summed E-state index contributed by atoms with van der Waals surface area (Å²) < 4.78 is 29.8. The minimum atomic E-state index is -3.73. The third-order valence-corrected chi connectivity index (χ3v) is 6.52. The summed E-state index contributed by atoms with van der Waals surface area (Å²) in [6.07, 6.45) is 3.56. The molecule has 6 nitrogen and oxygen atoms in total. The molecule has 0 radical (unpaired) electrons. The second kappa shape index (κ2) is 8.52. The molecule has 0 aliphatic carbocycles. The van der Waals surface area contributed by atoms with Crippen LogP contribution in [0.3, 0.4) is 0 Å². The van der Waals surface area contributed by atoms with Crippen LogP contribution in [0.5, 0.6) is 5.75 Å². The zero-order valence-corrected chi connectivity index (χ0v) is 17.0. The molecule has 0 bridgehead atoms. The number of aromatic hydroxyl groups is 1. The number of rotatable bonds is 7. The van der Waals surface area contributed by atoms with Crippen LogP contribution < -0.4 is 0 Å². The Bertz CT molecular complexity index is 1210. The summed E-state index contributed by atoms with van der Waals surface area (Å²) in [7, 11) is -3.73. The topological polar surface area (TPSA) is 75.4 Å². The summed E-state index contributed by atoms with van der Waals surface area (Å²) in [4.78, 5) is 0.235. The molecule has 0 fully saturated rings. The van der Waals surface area contributed by atoms with Crippen LogP contribution in [0.4, 0.5) is 0 Å². The lowest BCUT2D eigenvalue weighted by Crippen LogP contribution is -2.30. The van der Waals surface area contributed by atoms with Crippen molar-refractivity contribution in [3.8, 4) is 11.4 Å². The number of benzene rings is 3. The van der Waals surface area contributed by atoms with E-state index < -0.39 is 10.0 Å². The van der Waals surface area contributed by atoms with E-state index >= 15 is 0 Å². The highest BCUT2D eigenvalue weighted by Gasteiger charge is 2.25. The van der Waals surface area contributed by atoms with E-state index in [-0.39, 0.29) is 23.7 Å². The first-order chi connectivity index (χ1) is 14.5. The van der Waals surface area contributed by atoms with Gasteiger partial charge in [-0.15, -0.1) is 0 Å². The fourth-order valence-electron chi connectivity index (χ4n) is 3.21. The van der Waals surface area contributed by atoms with Crippen LogP contribution in [0.25, 0.3) is 5.69 Å². The van der Waals surface area contributed by atoms with Gasteiger partial charge in [0.2, 0.25) is 10.0 Å². The van der Waals surface area contributed by atoms with Crippen molar-refractivity contribution >= 4 is 10.0 Å². The van der Waals surface area contributed by atoms with Crippen LogP contribution >= 0.6 is 0 Å². The number of sulfonamides is 1. The number of nitrogens with zero attached hydrogens (tertiary/aromatic N) is 3. The van der Waals surface area contributed by atoms with Gasteiger partial charge in [0.05, 0.1) is 10.6 Å². The third kappa shape index (κ3) is 4.42. The second-order valence-electron chi connectivity index (χ2n) is 6.87. The molecule has 152 valence electrons. The van der Waals surface area contributed by atoms with Gasteiger partial charge in [0, 0.05) is 25.5 Å². The summed E-state index contributed by atoms with van der Waals surface area (Å²) in [6, 6.07) is 24.5. The molecule has 0 aliphatic heterocycles. The van der Waals surface area contributed by atoms with Crippen molar-refractivity contribution < 1.29 is 13.5 Å². The smallest absolute Gasteiger partial charge is 0.243 e. The fourth-order valence-corrected chi connectivity index (χ4v) is 4.64. The van der Waals surface area contributed by atoms with E-state index in [9.17, 15) is 13.5 Å². The van der Waals surface area contributed by atoms with Crippen molar-refractivity contribution in [2.24, 2.45) is 0 Å². The monoisotopic (exact) mass is 419 g/mol. The van der Waals surface area contributed by atoms with Crippen molar-refractivity contribution in [3.05, 3.63) is 108 Å². The third-order valence-electron chi connectivity index (χ3n) is 4.71. The molecule has 0 saturated heterocycles. The maximum Gasteiger partial charge on any atom is 0.243 e. The quantitative estimate of drug-likeness (QED) is 0.492. The molecule has 0 amide bonds. The van der Waals surface area contributed by atoms with Gasteiger partial charge in [-0.25, -0.2) is 13.1 Å². The van der Waals surface area contributed by atoms with E-state index in [0.29, 0.717) is 5.56 Å². The Morgan fingerprint density at radius 3 is 2.23 bits per heavy atom. The molecule has 1 aromatic heterocycles. The summed E-state index contributed by atoms with van der Waals surface area (Å²) in [5, 5.41) is 14.0. The molecule has 0 unspecified atom stereocenters. The van der Waals surface area contributed by atoms with Crippen molar-refractivity contribution in [1.82, 2.24) is 14.1 Å². The average Bonchev–Trinajstić information content (AvgIpc) is 3.29. The summed E-state index contributed by atoms with van der Waals surface area (Å²) in [5.74, 6) is 0.105. The molecule has 1 N–H and O–H groups in total. The van der Waals surface area contributed by atoms with Gasteiger partial charge in [-0.2, -0.15) is 9.40 Å². The Morgan fingerprint density at radius 1 is 0.833 bits per heavy atom. The normalized spacial score (nSPS) is 11.6. The van der Waals surface area contributed by atoms with E-state index in [0.717, 1.165) is 11.3 Å². The van der Waals surface area contributed by atoms with Gasteiger partial charge in [-0.1, -0.05) is 42.5 Å². The van der Waals surface area contributed by atoms with E-state index in [1.54, 1.807) is 65.5 Å². The van der Waals surface area contributed by atoms with Crippen molar-refractivity contribution in [2.45, 2.75) is 18.0 Å². The lowest BCUT2D eigenvalue weighted by atomic mass is 10.2. The number of phenolic OH excluding ortho intramolecular Hbond substituents is 1. The molecule has 7 heteroatoms. The van der Waals surface area contributed by atoms with Crippen molar-refractivity contribution in [2.75, 3.05) is 0 Å². The Morgan fingerprint density at radius 2 is 1.57 bits per heavy atom. The van der Waals surface area contributed by atoms with Crippen molar-refractivity contribution in [3.63, 3.8) is 0 Å². The molecule has 0 atom stereocenters. The first-order valence-corrected chi connectivity index (χ1v) is 10.9. The zero-order valence-electron chi connectivity index (χ0n) is 16.2. The molecular formula is C23H21N3O3S. The number of hydrogen-bond donors (Lipinski definition) is 1. The standard InChI is InChI=1S/C23H21N3O3S/c27-22-7-4-6-20(16-22)18-25(30(28,29)23-8-2-1-3-9-23)17-19-10-12-21(13-11-19)26-15-5-14-24-26/h1-16,27H,17-18H2. The van der Waals surface area contributed by atoms with E-state index in [1.807, 2.05) is 36.5 Å². The Labute approximate surface area is 175 Å². The molecule has 3 aromatic carbocycles. The maximum atomic E-state index is 13.3. The maximum absolute atomic E-state index is 13.3. The lowest BCUT2D eigenvalue weighted by molar-refractivity contribution is 0.399. The van der Waals surface area contributed by atoms with Crippen LogP contribution in [-0.2, 0) is 23.1 Å². The molecule has 4 aromatic rings. The highest BCUT2D eigenvalue weighted by Crippen LogP contribution is 2.23. The number of phenols is 1. The molecular weight excluding hydrogens is 398 g/mol. The van der Waals surface area contributed by atoms with Gasteiger partial charge >= 0.3 is 0 Å².